The molecule has 2 aliphatic rings. The maximum atomic E-state index is 13.4. The average molecular weight is 333 g/mol. The van der Waals surface area contributed by atoms with Gasteiger partial charge in [0.1, 0.15) is 10.7 Å². The van der Waals surface area contributed by atoms with E-state index in [4.69, 9.17) is 17.3 Å². The van der Waals surface area contributed by atoms with Gasteiger partial charge in [0.05, 0.1) is 5.02 Å². The molecule has 116 valence electrons. The summed E-state index contributed by atoms with van der Waals surface area (Å²) in [6.45, 7) is 0.931. The second-order valence-electron chi connectivity index (χ2n) is 5.99. The number of halogens is 2. The molecule has 3 atom stereocenters. The monoisotopic (exact) mass is 332 g/mol. The van der Waals surface area contributed by atoms with Crippen molar-refractivity contribution in [2.45, 2.75) is 30.2 Å². The zero-order valence-corrected chi connectivity index (χ0v) is 13.1. The highest BCUT2D eigenvalue weighted by molar-refractivity contribution is 7.89. The van der Waals surface area contributed by atoms with E-state index in [1.807, 2.05) is 0 Å². The second-order valence-corrected chi connectivity index (χ2v) is 8.30. The summed E-state index contributed by atoms with van der Waals surface area (Å²) in [5.74, 6) is 0.0550. The molecule has 0 bridgehead atoms. The van der Waals surface area contributed by atoms with Crippen LogP contribution in [0.2, 0.25) is 5.02 Å². The molecule has 21 heavy (non-hydrogen) atoms. The highest BCUT2D eigenvalue weighted by atomic mass is 35.5. The summed E-state index contributed by atoms with van der Waals surface area (Å²) in [6, 6.07) is 3.59. The summed E-state index contributed by atoms with van der Waals surface area (Å²) >= 11 is 5.94. The first-order valence-electron chi connectivity index (χ1n) is 7.08. The fraction of sp³-hybridized carbons (Fsp3) is 0.571. The van der Waals surface area contributed by atoms with Crippen LogP contribution in [-0.2, 0) is 10.0 Å². The average Bonchev–Trinajstić information content (AvgIpc) is 2.85. The van der Waals surface area contributed by atoms with Gasteiger partial charge in [-0.3, -0.25) is 0 Å². The number of fused-ring (bicyclic) bond motifs is 1. The van der Waals surface area contributed by atoms with Crippen molar-refractivity contribution in [3.8, 4) is 0 Å². The summed E-state index contributed by atoms with van der Waals surface area (Å²) < 4.78 is 40.1. The number of hydrogen-bond donors (Lipinski definition) is 1. The molecule has 1 saturated heterocycles. The van der Waals surface area contributed by atoms with Crippen molar-refractivity contribution in [3.05, 3.63) is 29.0 Å². The number of nitrogens with two attached hydrogens (primary N) is 1. The molecular weight excluding hydrogens is 315 g/mol. The molecule has 1 unspecified atom stereocenters. The van der Waals surface area contributed by atoms with Crippen LogP contribution in [0, 0.1) is 17.7 Å². The molecule has 1 aromatic carbocycles. The third-order valence-electron chi connectivity index (χ3n) is 4.57. The van der Waals surface area contributed by atoms with Crippen LogP contribution in [0.1, 0.15) is 19.3 Å². The zero-order chi connectivity index (χ0) is 15.2. The normalized spacial score (nSPS) is 30.3. The largest absolute Gasteiger partial charge is 0.328 e. The first-order valence-corrected chi connectivity index (χ1v) is 8.90. The van der Waals surface area contributed by atoms with Gasteiger partial charge in [-0.2, -0.15) is 4.31 Å². The lowest BCUT2D eigenvalue weighted by Gasteiger charge is -2.28. The minimum atomic E-state index is -3.75. The Balaban J connectivity index is 1.88. The maximum absolute atomic E-state index is 13.4. The van der Waals surface area contributed by atoms with Crippen LogP contribution in [0.3, 0.4) is 0 Å². The van der Waals surface area contributed by atoms with Crippen LogP contribution in [0.4, 0.5) is 4.39 Å². The van der Waals surface area contributed by atoms with Crippen molar-refractivity contribution in [1.29, 1.82) is 0 Å². The van der Waals surface area contributed by atoms with E-state index in [1.54, 1.807) is 0 Å². The van der Waals surface area contributed by atoms with Gasteiger partial charge in [-0.15, -0.1) is 0 Å². The number of sulfonamides is 1. The summed E-state index contributed by atoms with van der Waals surface area (Å²) in [4.78, 5) is -0.146. The summed E-state index contributed by atoms with van der Waals surface area (Å²) in [7, 11) is -3.75. The first kappa shape index (κ1) is 15.2. The predicted octanol–water partition coefficient (Wildman–Crippen LogP) is 2.23. The van der Waals surface area contributed by atoms with E-state index in [2.05, 4.69) is 0 Å². The van der Waals surface area contributed by atoms with Gasteiger partial charge in [0.25, 0.3) is 0 Å². The standard InChI is InChI=1S/C14H18ClFN2O2S/c15-13-4-2-11(16)6-14(13)21(19,20)18-7-9-1-3-12(17)5-10(9)8-18/h2,4,6,9-10,12H,1,3,5,7-8,17H2/t9-,10+,12?/m1/s1. The van der Waals surface area contributed by atoms with Gasteiger partial charge >= 0.3 is 0 Å². The molecule has 1 saturated carbocycles. The van der Waals surface area contributed by atoms with Crippen molar-refractivity contribution in [2.75, 3.05) is 13.1 Å². The summed E-state index contributed by atoms with van der Waals surface area (Å²) in [6.07, 6.45) is 2.75. The van der Waals surface area contributed by atoms with E-state index in [0.717, 1.165) is 31.4 Å². The van der Waals surface area contributed by atoms with E-state index in [1.165, 1.54) is 10.4 Å². The molecule has 0 aromatic heterocycles. The van der Waals surface area contributed by atoms with Crippen molar-refractivity contribution < 1.29 is 12.8 Å². The first-order chi connectivity index (χ1) is 9.88. The van der Waals surface area contributed by atoms with Crippen LogP contribution in [0.25, 0.3) is 0 Å². The molecule has 0 spiro atoms. The van der Waals surface area contributed by atoms with Gasteiger partial charge < -0.3 is 5.73 Å². The molecule has 3 rings (SSSR count). The van der Waals surface area contributed by atoms with E-state index < -0.39 is 15.8 Å². The lowest BCUT2D eigenvalue weighted by Crippen LogP contribution is -2.32. The smallest absolute Gasteiger partial charge is 0.244 e. The van der Waals surface area contributed by atoms with Crippen molar-refractivity contribution in [2.24, 2.45) is 17.6 Å². The zero-order valence-electron chi connectivity index (χ0n) is 11.5. The van der Waals surface area contributed by atoms with E-state index >= 15 is 0 Å². The molecule has 0 amide bonds. The minimum Gasteiger partial charge on any atom is -0.328 e. The number of benzene rings is 1. The van der Waals surface area contributed by atoms with Gasteiger partial charge in [-0.25, -0.2) is 12.8 Å². The molecule has 2 N–H and O–H groups in total. The SMILES string of the molecule is NC1CC[C@@H]2CN(S(=O)(=O)c3cc(F)ccc3Cl)C[C@@H]2C1. The third-order valence-corrected chi connectivity index (χ3v) is 6.88. The van der Waals surface area contributed by atoms with Crippen LogP contribution < -0.4 is 5.73 Å². The number of hydrogen-bond acceptors (Lipinski definition) is 3. The maximum Gasteiger partial charge on any atom is 0.244 e. The molecule has 1 aliphatic heterocycles. The van der Waals surface area contributed by atoms with Crippen molar-refractivity contribution in [1.82, 2.24) is 4.31 Å². The topological polar surface area (TPSA) is 63.4 Å². The summed E-state index contributed by atoms with van der Waals surface area (Å²) in [5, 5.41) is 0.0583. The molecule has 1 aromatic rings. The Labute approximate surface area is 129 Å². The Morgan fingerprint density at radius 1 is 1.24 bits per heavy atom. The molecule has 0 radical (unpaired) electrons. The lowest BCUT2D eigenvalue weighted by molar-refractivity contribution is 0.271. The molecular formula is C14H18ClFN2O2S. The Morgan fingerprint density at radius 2 is 1.95 bits per heavy atom. The second kappa shape index (κ2) is 5.50. The molecule has 7 heteroatoms. The molecule has 2 fully saturated rings. The number of rotatable bonds is 2. The van der Waals surface area contributed by atoms with Gasteiger partial charge in [0, 0.05) is 19.1 Å². The Kier molecular flexibility index (Phi) is 3.98. The fourth-order valence-electron chi connectivity index (χ4n) is 3.43. The molecule has 1 aliphatic carbocycles. The Hall–Kier alpha value is -0.690. The van der Waals surface area contributed by atoms with Gasteiger partial charge in [0.15, 0.2) is 0 Å². The van der Waals surface area contributed by atoms with Crippen molar-refractivity contribution >= 4 is 21.6 Å². The van der Waals surface area contributed by atoms with Crippen LogP contribution in [0.15, 0.2) is 23.1 Å². The minimum absolute atomic E-state index is 0.0583. The van der Waals surface area contributed by atoms with E-state index in [9.17, 15) is 12.8 Å². The molecule has 4 nitrogen and oxygen atoms in total. The highest BCUT2D eigenvalue weighted by Crippen LogP contribution is 2.38. The van der Waals surface area contributed by atoms with E-state index in [-0.39, 0.29) is 16.0 Å². The fourth-order valence-corrected chi connectivity index (χ4v) is 5.47. The number of nitrogens with zero attached hydrogens (tertiary/aromatic N) is 1. The van der Waals surface area contributed by atoms with Gasteiger partial charge in [-0.1, -0.05) is 11.6 Å². The van der Waals surface area contributed by atoms with Crippen LogP contribution in [-0.4, -0.2) is 31.9 Å². The quantitative estimate of drug-likeness (QED) is 0.903. The van der Waals surface area contributed by atoms with Gasteiger partial charge in [0.2, 0.25) is 10.0 Å². The molecule has 1 heterocycles. The van der Waals surface area contributed by atoms with Gasteiger partial charge in [-0.05, 0) is 49.3 Å². The van der Waals surface area contributed by atoms with Crippen LogP contribution >= 0.6 is 11.6 Å². The predicted molar refractivity (Wildman–Crippen MR) is 79.0 cm³/mol. The van der Waals surface area contributed by atoms with E-state index in [0.29, 0.717) is 24.9 Å². The lowest BCUT2D eigenvalue weighted by atomic mass is 9.79. The Bertz CT molecular complexity index is 652. The summed E-state index contributed by atoms with van der Waals surface area (Å²) in [5.41, 5.74) is 5.96. The highest BCUT2D eigenvalue weighted by Gasteiger charge is 2.42. The third kappa shape index (κ3) is 2.82. The van der Waals surface area contributed by atoms with Crippen molar-refractivity contribution in [3.63, 3.8) is 0 Å². The van der Waals surface area contributed by atoms with Crippen LogP contribution in [0.5, 0.6) is 0 Å². The Morgan fingerprint density at radius 3 is 2.71 bits per heavy atom.